The summed E-state index contributed by atoms with van der Waals surface area (Å²) in [6.45, 7) is 4.55. The van der Waals surface area contributed by atoms with Gasteiger partial charge in [-0.1, -0.05) is 37.2 Å². The van der Waals surface area contributed by atoms with Crippen LogP contribution >= 0.6 is 0 Å². The minimum atomic E-state index is -3.08. The average Bonchev–Trinajstić information content (AvgIpc) is 2.82. The van der Waals surface area contributed by atoms with Crippen LogP contribution < -0.4 is 5.32 Å². The number of anilines is 1. The van der Waals surface area contributed by atoms with Gasteiger partial charge < -0.3 is 9.84 Å². The van der Waals surface area contributed by atoms with Crippen molar-refractivity contribution in [1.82, 2.24) is 10.1 Å². The highest BCUT2D eigenvalue weighted by molar-refractivity contribution is 7.89. The highest BCUT2D eigenvalue weighted by atomic mass is 32.2. The predicted molar refractivity (Wildman–Crippen MR) is 85.2 cm³/mol. The number of rotatable bonds is 7. The lowest BCUT2D eigenvalue weighted by molar-refractivity contribution is 0.375. The molecule has 6 nitrogen and oxygen atoms in total. The van der Waals surface area contributed by atoms with Gasteiger partial charge in [0.25, 0.3) is 0 Å². The Balaban J connectivity index is 2.04. The topological polar surface area (TPSA) is 85.1 Å². The van der Waals surface area contributed by atoms with Crippen LogP contribution in [-0.2, 0) is 28.6 Å². The Hall–Kier alpha value is -1.89. The van der Waals surface area contributed by atoms with Crippen molar-refractivity contribution in [3.8, 4) is 0 Å². The first-order valence-corrected chi connectivity index (χ1v) is 9.20. The Morgan fingerprint density at radius 1 is 1.27 bits per heavy atom. The molecule has 22 heavy (non-hydrogen) atoms. The lowest BCUT2D eigenvalue weighted by Gasteiger charge is -2.09. The van der Waals surface area contributed by atoms with E-state index in [1.165, 1.54) is 6.26 Å². The van der Waals surface area contributed by atoms with E-state index in [9.17, 15) is 8.42 Å². The summed E-state index contributed by atoms with van der Waals surface area (Å²) in [6.07, 6.45) is 1.99. The number of hydrogen-bond donors (Lipinski definition) is 1. The molecule has 1 aromatic carbocycles. The molecule has 0 aliphatic carbocycles. The molecular formula is C15H21N3O3S. The van der Waals surface area contributed by atoms with Gasteiger partial charge >= 0.3 is 0 Å². The van der Waals surface area contributed by atoms with Crippen LogP contribution in [0.2, 0.25) is 0 Å². The Morgan fingerprint density at radius 3 is 2.68 bits per heavy atom. The minimum absolute atomic E-state index is 0.00138. The van der Waals surface area contributed by atoms with Gasteiger partial charge in [0, 0.05) is 18.4 Å². The highest BCUT2D eigenvalue weighted by Gasteiger charge is 2.11. The molecule has 0 aliphatic rings. The van der Waals surface area contributed by atoms with Crippen molar-refractivity contribution in [2.45, 2.75) is 32.6 Å². The molecule has 1 heterocycles. The lowest BCUT2D eigenvalue weighted by atomic mass is 10.1. The quantitative estimate of drug-likeness (QED) is 0.842. The van der Waals surface area contributed by atoms with Crippen LogP contribution in [0.4, 0.5) is 5.69 Å². The molecule has 2 aromatic rings. The van der Waals surface area contributed by atoms with Gasteiger partial charge in [-0.2, -0.15) is 4.98 Å². The highest BCUT2D eigenvalue weighted by Crippen LogP contribution is 2.18. The first-order valence-electron chi connectivity index (χ1n) is 7.14. The Kier molecular flexibility index (Phi) is 5.18. The summed E-state index contributed by atoms with van der Waals surface area (Å²) < 4.78 is 28.1. The fourth-order valence-electron chi connectivity index (χ4n) is 2.08. The molecule has 0 aliphatic heterocycles. The zero-order valence-electron chi connectivity index (χ0n) is 13.0. The SMILES string of the molecule is CC(C)Cc1noc(CNc2ccccc2CS(C)(=O)=O)n1. The van der Waals surface area contributed by atoms with Gasteiger partial charge in [-0.05, 0) is 17.5 Å². The molecule has 120 valence electrons. The Labute approximate surface area is 130 Å². The number of nitrogens with one attached hydrogen (secondary N) is 1. The molecule has 0 spiro atoms. The van der Waals surface area contributed by atoms with Crippen molar-refractivity contribution in [3.05, 3.63) is 41.5 Å². The molecule has 0 saturated heterocycles. The Bertz CT molecular complexity index is 723. The van der Waals surface area contributed by atoms with E-state index in [4.69, 9.17) is 4.52 Å². The molecule has 0 amide bonds. The smallest absolute Gasteiger partial charge is 0.245 e. The monoisotopic (exact) mass is 323 g/mol. The van der Waals surface area contributed by atoms with Crippen LogP contribution in [-0.4, -0.2) is 24.8 Å². The van der Waals surface area contributed by atoms with E-state index in [1.807, 2.05) is 18.2 Å². The van der Waals surface area contributed by atoms with Gasteiger partial charge in [0.1, 0.15) is 0 Å². The number of aromatic nitrogens is 2. The Morgan fingerprint density at radius 2 is 2.00 bits per heavy atom. The lowest BCUT2D eigenvalue weighted by Crippen LogP contribution is -2.07. The van der Waals surface area contributed by atoms with Crippen LogP contribution in [0.15, 0.2) is 28.8 Å². The summed E-state index contributed by atoms with van der Waals surface area (Å²) in [4.78, 5) is 4.31. The van der Waals surface area contributed by atoms with E-state index in [-0.39, 0.29) is 5.75 Å². The second-order valence-corrected chi connectivity index (χ2v) is 7.92. The van der Waals surface area contributed by atoms with Crippen molar-refractivity contribution in [1.29, 1.82) is 0 Å². The first-order chi connectivity index (χ1) is 10.3. The van der Waals surface area contributed by atoms with Gasteiger partial charge in [0.05, 0.1) is 12.3 Å². The molecule has 7 heteroatoms. The summed E-state index contributed by atoms with van der Waals surface area (Å²) >= 11 is 0. The molecule has 2 rings (SSSR count). The van der Waals surface area contributed by atoms with Gasteiger partial charge in [-0.3, -0.25) is 0 Å². The third-order valence-corrected chi connectivity index (χ3v) is 3.80. The van der Waals surface area contributed by atoms with E-state index in [0.29, 0.717) is 24.2 Å². The molecule has 0 saturated carbocycles. The molecule has 0 fully saturated rings. The largest absolute Gasteiger partial charge is 0.376 e. The van der Waals surface area contributed by atoms with E-state index in [2.05, 4.69) is 29.3 Å². The zero-order valence-corrected chi connectivity index (χ0v) is 13.9. The normalized spacial score (nSPS) is 11.8. The fraction of sp³-hybridized carbons (Fsp3) is 0.467. The van der Waals surface area contributed by atoms with E-state index < -0.39 is 9.84 Å². The number of sulfone groups is 1. The minimum Gasteiger partial charge on any atom is -0.376 e. The second-order valence-electron chi connectivity index (χ2n) is 5.78. The van der Waals surface area contributed by atoms with Crippen molar-refractivity contribution >= 4 is 15.5 Å². The van der Waals surface area contributed by atoms with Crippen molar-refractivity contribution in [2.75, 3.05) is 11.6 Å². The maximum absolute atomic E-state index is 11.5. The second kappa shape index (κ2) is 6.91. The molecule has 0 unspecified atom stereocenters. The van der Waals surface area contributed by atoms with Crippen LogP contribution in [0.5, 0.6) is 0 Å². The number of hydrogen-bond acceptors (Lipinski definition) is 6. The molecule has 0 atom stereocenters. The zero-order chi connectivity index (χ0) is 16.2. The standard InChI is InChI=1S/C15H21N3O3S/c1-11(2)8-14-17-15(21-18-14)9-16-13-7-5-4-6-12(13)10-22(3,19)20/h4-7,11,16H,8-10H2,1-3H3. The maximum Gasteiger partial charge on any atom is 0.245 e. The number of para-hydroxylation sites is 1. The number of benzene rings is 1. The summed E-state index contributed by atoms with van der Waals surface area (Å²) in [7, 11) is -3.08. The molecule has 1 aromatic heterocycles. The molecule has 0 bridgehead atoms. The summed E-state index contributed by atoms with van der Waals surface area (Å²) in [5.74, 6) is 1.65. The van der Waals surface area contributed by atoms with E-state index in [1.54, 1.807) is 6.07 Å². The third-order valence-electron chi connectivity index (χ3n) is 2.97. The van der Waals surface area contributed by atoms with Crippen LogP contribution in [0.3, 0.4) is 0 Å². The van der Waals surface area contributed by atoms with E-state index in [0.717, 1.165) is 17.7 Å². The van der Waals surface area contributed by atoms with Gasteiger partial charge in [-0.25, -0.2) is 8.42 Å². The maximum atomic E-state index is 11.5. The van der Waals surface area contributed by atoms with Gasteiger partial charge in [0.2, 0.25) is 5.89 Å². The van der Waals surface area contributed by atoms with Crippen molar-refractivity contribution < 1.29 is 12.9 Å². The predicted octanol–water partition coefficient (Wildman–Crippen LogP) is 2.42. The number of nitrogens with zero attached hydrogens (tertiary/aromatic N) is 2. The fourth-order valence-corrected chi connectivity index (χ4v) is 2.90. The first kappa shape index (κ1) is 16.5. The summed E-state index contributed by atoms with van der Waals surface area (Å²) in [5.41, 5.74) is 1.49. The molecule has 1 N–H and O–H groups in total. The van der Waals surface area contributed by atoms with Gasteiger partial charge in [0.15, 0.2) is 15.7 Å². The van der Waals surface area contributed by atoms with Crippen molar-refractivity contribution in [3.63, 3.8) is 0 Å². The van der Waals surface area contributed by atoms with Crippen LogP contribution in [0.25, 0.3) is 0 Å². The third kappa shape index (κ3) is 5.14. The van der Waals surface area contributed by atoms with Crippen LogP contribution in [0, 0.1) is 5.92 Å². The average molecular weight is 323 g/mol. The summed E-state index contributed by atoms with van der Waals surface area (Å²) in [5, 5.41) is 7.09. The van der Waals surface area contributed by atoms with Crippen molar-refractivity contribution in [2.24, 2.45) is 5.92 Å². The molecular weight excluding hydrogens is 302 g/mol. The van der Waals surface area contributed by atoms with Gasteiger partial charge in [-0.15, -0.1) is 0 Å². The van der Waals surface area contributed by atoms with Crippen LogP contribution in [0.1, 0.15) is 31.1 Å². The van der Waals surface area contributed by atoms with E-state index >= 15 is 0 Å². The molecule has 0 radical (unpaired) electrons. The summed E-state index contributed by atoms with van der Waals surface area (Å²) in [6, 6.07) is 7.30.